The highest BCUT2D eigenvalue weighted by molar-refractivity contribution is 5.79. The highest BCUT2D eigenvalue weighted by atomic mass is 16.3. The van der Waals surface area contributed by atoms with Gasteiger partial charge in [-0.2, -0.15) is 0 Å². The van der Waals surface area contributed by atoms with Crippen LogP contribution >= 0.6 is 0 Å². The summed E-state index contributed by atoms with van der Waals surface area (Å²) in [5, 5.41) is 24.3. The number of benzene rings is 2. The first kappa shape index (κ1) is 19.0. The van der Waals surface area contributed by atoms with Crippen molar-refractivity contribution in [1.29, 1.82) is 0 Å². The first-order chi connectivity index (χ1) is 12.1. The zero-order chi connectivity index (χ0) is 18.1. The molecule has 0 bridgehead atoms. The summed E-state index contributed by atoms with van der Waals surface area (Å²) in [7, 11) is 0. The Morgan fingerprint density at radius 1 is 0.960 bits per heavy atom. The molecule has 1 unspecified atom stereocenters. The lowest BCUT2D eigenvalue weighted by molar-refractivity contribution is -0.121. The van der Waals surface area contributed by atoms with Gasteiger partial charge in [-0.15, -0.1) is 0 Å². The van der Waals surface area contributed by atoms with Gasteiger partial charge in [-0.25, -0.2) is 0 Å². The molecule has 134 valence electrons. The summed E-state index contributed by atoms with van der Waals surface area (Å²) < 4.78 is 0. The molecule has 0 aromatic heterocycles. The molecule has 0 radical (unpaired) electrons. The number of aliphatic hydroxyl groups is 2. The second-order valence-corrected chi connectivity index (χ2v) is 6.06. The van der Waals surface area contributed by atoms with E-state index in [0.717, 1.165) is 22.4 Å². The number of carbonyl (C=O) groups excluding carboxylic acids is 1. The first-order valence-electron chi connectivity index (χ1n) is 8.56. The molecule has 1 amide bonds. The smallest absolute Gasteiger partial charge is 0.224 e. The minimum atomic E-state index is -0.175. The maximum Gasteiger partial charge on any atom is 0.224 e. The molecule has 0 aliphatic heterocycles. The van der Waals surface area contributed by atoms with E-state index in [1.54, 1.807) is 0 Å². The molecule has 0 aliphatic rings. The third-order valence-electron chi connectivity index (χ3n) is 4.10. The monoisotopic (exact) mass is 342 g/mol. The van der Waals surface area contributed by atoms with Crippen molar-refractivity contribution in [1.82, 2.24) is 5.32 Å². The fraction of sp³-hybridized carbons (Fsp3) is 0.350. The van der Waals surface area contributed by atoms with E-state index in [-0.39, 0.29) is 25.2 Å². The number of amides is 1. The topological polar surface area (TPSA) is 81.6 Å². The molecule has 0 spiro atoms. The molecule has 2 aromatic carbocycles. The van der Waals surface area contributed by atoms with Crippen LogP contribution in [0.2, 0.25) is 0 Å². The standard InChI is InChI=1S/C20H26N2O3/c1-2-18(14-24)22-20(25)11-15-7-9-19(10-8-15)21-12-16-3-5-17(13-23)6-4-16/h3-10,18,21,23-24H,2,11-14H2,1H3,(H,22,25). The highest BCUT2D eigenvalue weighted by Gasteiger charge is 2.09. The number of hydrogen-bond donors (Lipinski definition) is 4. The molecule has 0 saturated heterocycles. The average Bonchev–Trinajstić information content (AvgIpc) is 2.66. The van der Waals surface area contributed by atoms with Crippen molar-refractivity contribution in [2.24, 2.45) is 0 Å². The van der Waals surface area contributed by atoms with Crippen molar-refractivity contribution in [3.05, 3.63) is 65.2 Å². The molecule has 0 fully saturated rings. The summed E-state index contributed by atoms with van der Waals surface area (Å²) in [5.74, 6) is -0.0782. The molecule has 2 rings (SSSR count). The van der Waals surface area contributed by atoms with Gasteiger partial charge in [-0.05, 0) is 35.2 Å². The van der Waals surface area contributed by atoms with Gasteiger partial charge in [0, 0.05) is 12.2 Å². The van der Waals surface area contributed by atoms with Gasteiger partial charge < -0.3 is 20.8 Å². The third kappa shape index (κ3) is 6.21. The SMILES string of the molecule is CCC(CO)NC(=O)Cc1ccc(NCc2ccc(CO)cc2)cc1. The fourth-order valence-electron chi connectivity index (χ4n) is 2.45. The second kappa shape index (κ2) is 9.81. The van der Waals surface area contributed by atoms with Gasteiger partial charge in [0.25, 0.3) is 0 Å². The Morgan fingerprint density at radius 2 is 1.56 bits per heavy atom. The summed E-state index contributed by atoms with van der Waals surface area (Å²) in [6.07, 6.45) is 1.02. The second-order valence-electron chi connectivity index (χ2n) is 6.06. The van der Waals surface area contributed by atoms with Crippen LogP contribution in [0.25, 0.3) is 0 Å². The molecule has 5 nitrogen and oxygen atoms in total. The van der Waals surface area contributed by atoms with Crippen molar-refractivity contribution in [3.63, 3.8) is 0 Å². The van der Waals surface area contributed by atoms with E-state index in [1.165, 1.54) is 0 Å². The fourth-order valence-corrected chi connectivity index (χ4v) is 2.45. The minimum Gasteiger partial charge on any atom is -0.394 e. The van der Waals surface area contributed by atoms with Crippen LogP contribution in [0.1, 0.15) is 30.0 Å². The van der Waals surface area contributed by atoms with Gasteiger partial charge in [-0.3, -0.25) is 4.79 Å². The summed E-state index contributed by atoms with van der Waals surface area (Å²) in [6.45, 7) is 2.64. The normalized spacial score (nSPS) is 11.8. The van der Waals surface area contributed by atoms with Gasteiger partial charge in [-0.1, -0.05) is 43.3 Å². The van der Waals surface area contributed by atoms with Crippen LogP contribution in [0.5, 0.6) is 0 Å². The van der Waals surface area contributed by atoms with Crippen molar-refractivity contribution in [2.45, 2.75) is 39.0 Å². The van der Waals surface area contributed by atoms with E-state index in [4.69, 9.17) is 10.2 Å². The van der Waals surface area contributed by atoms with Crippen LogP contribution in [-0.4, -0.2) is 28.8 Å². The quantitative estimate of drug-likeness (QED) is 0.563. The summed E-state index contributed by atoms with van der Waals surface area (Å²) in [6, 6.07) is 15.4. The number of hydrogen-bond acceptors (Lipinski definition) is 4. The Bertz CT molecular complexity index is 650. The molecule has 0 aliphatic carbocycles. The van der Waals surface area contributed by atoms with E-state index in [9.17, 15) is 4.79 Å². The zero-order valence-corrected chi connectivity index (χ0v) is 14.5. The maximum atomic E-state index is 11.9. The van der Waals surface area contributed by atoms with Crippen molar-refractivity contribution < 1.29 is 15.0 Å². The lowest BCUT2D eigenvalue weighted by Gasteiger charge is -2.14. The van der Waals surface area contributed by atoms with Gasteiger partial charge in [0.2, 0.25) is 5.91 Å². The third-order valence-corrected chi connectivity index (χ3v) is 4.10. The van der Waals surface area contributed by atoms with Crippen molar-refractivity contribution in [2.75, 3.05) is 11.9 Å². The minimum absolute atomic E-state index is 0.0373. The number of anilines is 1. The molecule has 1 atom stereocenters. The van der Waals surface area contributed by atoms with Crippen LogP contribution in [0.4, 0.5) is 5.69 Å². The molecule has 0 heterocycles. The number of nitrogens with one attached hydrogen (secondary N) is 2. The molecule has 0 saturated carbocycles. The molecular weight excluding hydrogens is 316 g/mol. The van der Waals surface area contributed by atoms with Crippen LogP contribution in [0.15, 0.2) is 48.5 Å². The maximum absolute atomic E-state index is 11.9. The Balaban J connectivity index is 1.83. The Kier molecular flexibility index (Phi) is 7.44. The van der Waals surface area contributed by atoms with Crippen LogP contribution in [0.3, 0.4) is 0 Å². The summed E-state index contributed by atoms with van der Waals surface area (Å²) in [5.41, 5.74) is 3.95. The van der Waals surface area contributed by atoms with Crippen LogP contribution in [-0.2, 0) is 24.4 Å². The average molecular weight is 342 g/mol. The van der Waals surface area contributed by atoms with E-state index in [0.29, 0.717) is 19.4 Å². The van der Waals surface area contributed by atoms with Gasteiger partial charge in [0.1, 0.15) is 0 Å². The molecule has 2 aromatic rings. The van der Waals surface area contributed by atoms with Crippen LogP contribution < -0.4 is 10.6 Å². The molecule has 5 heteroatoms. The van der Waals surface area contributed by atoms with Gasteiger partial charge >= 0.3 is 0 Å². The predicted molar refractivity (Wildman–Crippen MR) is 99.1 cm³/mol. The molecule has 25 heavy (non-hydrogen) atoms. The van der Waals surface area contributed by atoms with E-state index in [1.807, 2.05) is 55.5 Å². The Morgan fingerprint density at radius 3 is 2.12 bits per heavy atom. The van der Waals surface area contributed by atoms with E-state index >= 15 is 0 Å². The zero-order valence-electron chi connectivity index (χ0n) is 14.5. The Labute approximate surface area is 148 Å². The Hall–Kier alpha value is -2.37. The summed E-state index contributed by atoms with van der Waals surface area (Å²) in [4.78, 5) is 11.9. The van der Waals surface area contributed by atoms with Gasteiger partial charge in [0.05, 0.1) is 25.7 Å². The van der Waals surface area contributed by atoms with Gasteiger partial charge in [0.15, 0.2) is 0 Å². The lowest BCUT2D eigenvalue weighted by atomic mass is 10.1. The number of rotatable bonds is 9. The van der Waals surface area contributed by atoms with E-state index < -0.39 is 0 Å². The largest absolute Gasteiger partial charge is 0.394 e. The lowest BCUT2D eigenvalue weighted by Crippen LogP contribution is -2.37. The van der Waals surface area contributed by atoms with Crippen LogP contribution in [0, 0.1) is 0 Å². The van der Waals surface area contributed by atoms with E-state index in [2.05, 4.69) is 10.6 Å². The number of carbonyl (C=O) groups is 1. The van der Waals surface area contributed by atoms with Crippen molar-refractivity contribution >= 4 is 11.6 Å². The summed E-state index contributed by atoms with van der Waals surface area (Å²) >= 11 is 0. The van der Waals surface area contributed by atoms with Crippen molar-refractivity contribution in [3.8, 4) is 0 Å². The first-order valence-corrected chi connectivity index (χ1v) is 8.56. The predicted octanol–water partition coefficient (Wildman–Crippen LogP) is 2.22. The number of aliphatic hydroxyl groups excluding tert-OH is 2. The molecular formula is C20H26N2O3. The molecule has 4 N–H and O–H groups in total. The highest BCUT2D eigenvalue weighted by Crippen LogP contribution is 2.12.